The van der Waals surface area contributed by atoms with E-state index in [1.54, 1.807) is 23.5 Å². The van der Waals surface area contributed by atoms with Gasteiger partial charge in [0, 0.05) is 35.9 Å². The molecule has 1 aromatic heterocycles. The standard InChI is InChI=1S/C15H20FN3S/c1-15(2,3)18-10-13-9-17-14(20-13)19(4)12-7-5-11(16)6-8-12/h5-9,18H,10H2,1-4H3. The van der Waals surface area contributed by atoms with Crippen molar-refractivity contribution in [3.63, 3.8) is 0 Å². The second kappa shape index (κ2) is 5.89. The monoisotopic (exact) mass is 293 g/mol. The van der Waals surface area contributed by atoms with Crippen molar-refractivity contribution in [2.24, 2.45) is 0 Å². The van der Waals surface area contributed by atoms with Gasteiger partial charge in [-0.25, -0.2) is 9.37 Å². The molecule has 0 saturated heterocycles. The molecule has 1 heterocycles. The maximum Gasteiger partial charge on any atom is 0.189 e. The Kier molecular flexibility index (Phi) is 4.40. The van der Waals surface area contributed by atoms with E-state index >= 15 is 0 Å². The molecule has 0 aliphatic rings. The van der Waals surface area contributed by atoms with Crippen molar-refractivity contribution in [2.75, 3.05) is 11.9 Å². The molecule has 0 amide bonds. The van der Waals surface area contributed by atoms with Crippen molar-refractivity contribution in [1.82, 2.24) is 10.3 Å². The summed E-state index contributed by atoms with van der Waals surface area (Å²) in [6.07, 6.45) is 1.89. The highest BCUT2D eigenvalue weighted by molar-refractivity contribution is 7.15. The molecule has 20 heavy (non-hydrogen) atoms. The van der Waals surface area contributed by atoms with E-state index < -0.39 is 0 Å². The smallest absolute Gasteiger partial charge is 0.189 e. The van der Waals surface area contributed by atoms with E-state index in [1.165, 1.54) is 17.0 Å². The number of nitrogens with one attached hydrogen (secondary N) is 1. The summed E-state index contributed by atoms with van der Waals surface area (Å²) in [5.41, 5.74) is 1.02. The molecule has 1 aromatic carbocycles. The Hall–Kier alpha value is -1.46. The van der Waals surface area contributed by atoms with Crippen molar-refractivity contribution in [1.29, 1.82) is 0 Å². The molecular weight excluding hydrogens is 273 g/mol. The van der Waals surface area contributed by atoms with E-state index in [9.17, 15) is 4.39 Å². The van der Waals surface area contributed by atoms with Crippen molar-refractivity contribution in [3.8, 4) is 0 Å². The van der Waals surface area contributed by atoms with E-state index in [0.717, 1.165) is 17.4 Å². The number of thiazole rings is 1. The number of benzene rings is 1. The summed E-state index contributed by atoms with van der Waals surface area (Å²) in [6, 6.07) is 6.43. The number of hydrogen-bond acceptors (Lipinski definition) is 4. The van der Waals surface area contributed by atoms with Crippen LogP contribution in [0.25, 0.3) is 0 Å². The molecule has 0 spiro atoms. The highest BCUT2D eigenvalue weighted by Gasteiger charge is 2.12. The largest absolute Gasteiger partial charge is 0.321 e. The first-order chi connectivity index (χ1) is 9.35. The normalized spacial score (nSPS) is 11.7. The zero-order valence-corrected chi connectivity index (χ0v) is 13.1. The van der Waals surface area contributed by atoms with Crippen LogP contribution in [-0.4, -0.2) is 17.6 Å². The molecule has 0 aliphatic carbocycles. The van der Waals surface area contributed by atoms with Crippen LogP contribution in [0.3, 0.4) is 0 Å². The lowest BCUT2D eigenvalue weighted by molar-refractivity contribution is 0.426. The molecular formula is C15H20FN3S. The lowest BCUT2D eigenvalue weighted by atomic mass is 10.1. The van der Waals surface area contributed by atoms with Crippen LogP contribution in [-0.2, 0) is 6.54 Å². The third kappa shape index (κ3) is 4.02. The molecule has 0 fully saturated rings. The number of nitrogens with zero attached hydrogens (tertiary/aromatic N) is 2. The summed E-state index contributed by atoms with van der Waals surface area (Å²) in [6.45, 7) is 7.22. The number of rotatable bonds is 4. The van der Waals surface area contributed by atoms with Gasteiger partial charge in [-0.2, -0.15) is 0 Å². The second-order valence-corrected chi connectivity index (χ2v) is 6.84. The van der Waals surface area contributed by atoms with Gasteiger partial charge in [0.15, 0.2) is 5.13 Å². The van der Waals surface area contributed by atoms with Crippen molar-refractivity contribution in [3.05, 3.63) is 41.2 Å². The average molecular weight is 293 g/mol. The van der Waals surface area contributed by atoms with Gasteiger partial charge in [-0.3, -0.25) is 0 Å². The van der Waals surface area contributed by atoms with E-state index in [-0.39, 0.29) is 11.4 Å². The lowest BCUT2D eigenvalue weighted by Gasteiger charge is -2.19. The van der Waals surface area contributed by atoms with Gasteiger partial charge in [0.1, 0.15) is 5.82 Å². The molecule has 0 unspecified atom stereocenters. The molecule has 108 valence electrons. The minimum Gasteiger partial charge on any atom is -0.321 e. The zero-order chi connectivity index (χ0) is 14.8. The van der Waals surface area contributed by atoms with Gasteiger partial charge in [0.2, 0.25) is 0 Å². The Balaban J connectivity index is 2.06. The molecule has 2 rings (SSSR count). The van der Waals surface area contributed by atoms with E-state index in [1.807, 2.05) is 18.1 Å². The predicted octanol–water partition coefficient (Wildman–Crippen LogP) is 3.94. The average Bonchev–Trinajstić information content (AvgIpc) is 2.84. The van der Waals surface area contributed by atoms with Gasteiger partial charge in [-0.15, -0.1) is 11.3 Å². The topological polar surface area (TPSA) is 28.2 Å². The van der Waals surface area contributed by atoms with Gasteiger partial charge in [0.05, 0.1) is 0 Å². The van der Waals surface area contributed by atoms with Crippen molar-refractivity contribution >= 4 is 22.2 Å². The Bertz CT molecular complexity index is 557. The Morgan fingerprint density at radius 1 is 1.25 bits per heavy atom. The van der Waals surface area contributed by atoms with Crippen LogP contribution in [0.2, 0.25) is 0 Å². The Morgan fingerprint density at radius 2 is 1.90 bits per heavy atom. The van der Waals surface area contributed by atoms with Crippen LogP contribution in [0.1, 0.15) is 25.6 Å². The molecule has 0 aliphatic heterocycles. The van der Waals surface area contributed by atoms with Gasteiger partial charge in [-0.05, 0) is 45.0 Å². The van der Waals surface area contributed by atoms with Crippen LogP contribution < -0.4 is 10.2 Å². The fourth-order valence-electron chi connectivity index (χ4n) is 1.66. The van der Waals surface area contributed by atoms with Gasteiger partial charge in [0.25, 0.3) is 0 Å². The minimum absolute atomic E-state index is 0.0903. The Labute approximate surface area is 123 Å². The summed E-state index contributed by atoms with van der Waals surface area (Å²) in [5.74, 6) is -0.226. The van der Waals surface area contributed by atoms with Gasteiger partial charge in [-0.1, -0.05) is 0 Å². The number of halogens is 1. The van der Waals surface area contributed by atoms with Crippen molar-refractivity contribution in [2.45, 2.75) is 32.9 Å². The first kappa shape index (κ1) is 14.9. The van der Waals surface area contributed by atoms with Gasteiger partial charge >= 0.3 is 0 Å². The fourth-order valence-corrected chi connectivity index (χ4v) is 2.49. The van der Waals surface area contributed by atoms with Crippen LogP contribution >= 0.6 is 11.3 Å². The van der Waals surface area contributed by atoms with Crippen LogP contribution in [0, 0.1) is 5.82 Å². The zero-order valence-electron chi connectivity index (χ0n) is 12.3. The van der Waals surface area contributed by atoms with Crippen LogP contribution in [0.4, 0.5) is 15.2 Å². The third-order valence-corrected chi connectivity index (χ3v) is 3.91. The molecule has 5 heteroatoms. The highest BCUT2D eigenvalue weighted by atomic mass is 32.1. The molecule has 0 bridgehead atoms. The number of aromatic nitrogens is 1. The highest BCUT2D eigenvalue weighted by Crippen LogP contribution is 2.28. The number of hydrogen-bond donors (Lipinski definition) is 1. The first-order valence-electron chi connectivity index (χ1n) is 6.54. The van der Waals surface area contributed by atoms with Gasteiger partial charge < -0.3 is 10.2 Å². The van der Waals surface area contributed by atoms with E-state index in [2.05, 4.69) is 31.1 Å². The third-order valence-electron chi connectivity index (χ3n) is 2.84. The van der Waals surface area contributed by atoms with Crippen LogP contribution in [0.15, 0.2) is 30.5 Å². The molecule has 0 atom stereocenters. The SMILES string of the molecule is CN(c1ccc(F)cc1)c1ncc(CNC(C)(C)C)s1. The summed E-state index contributed by atoms with van der Waals surface area (Å²) in [4.78, 5) is 7.57. The van der Waals surface area contributed by atoms with E-state index in [4.69, 9.17) is 0 Å². The molecule has 2 aromatic rings. The molecule has 1 N–H and O–H groups in total. The minimum atomic E-state index is -0.226. The summed E-state index contributed by atoms with van der Waals surface area (Å²) in [7, 11) is 1.94. The second-order valence-electron chi connectivity index (χ2n) is 5.75. The predicted molar refractivity (Wildman–Crippen MR) is 83.2 cm³/mol. The van der Waals surface area contributed by atoms with Crippen molar-refractivity contribution < 1.29 is 4.39 Å². The Morgan fingerprint density at radius 3 is 2.50 bits per heavy atom. The van der Waals surface area contributed by atoms with Crippen LogP contribution in [0.5, 0.6) is 0 Å². The molecule has 0 saturated carbocycles. The summed E-state index contributed by atoms with van der Waals surface area (Å²) >= 11 is 1.64. The summed E-state index contributed by atoms with van der Waals surface area (Å²) in [5, 5.41) is 4.34. The summed E-state index contributed by atoms with van der Waals surface area (Å²) < 4.78 is 12.9. The lowest BCUT2D eigenvalue weighted by Crippen LogP contribution is -2.34. The first-order valence-corrected chi connectivity index (χ1v) is 7.36. The maximum atomic E-state index is 12.9. The maximum absolute atomic E-state index is 12.9. The van der Waals surface area contributed by atoms with E-state index in [0.29, 0.717) is 0 Å². The fraction of sp³-hybridized carbons (Fsp3) is 0.400. The quantitative estimate of drug-likeness (QED) is 0.925. The number of anilines is 2. The molecule has 0 radical (unpaired) electrons. The molecule has 3 nitrogen and oxygen atoms in total.